The summed E-state index contributed by atoms with van der Waals surface area (Å²) < 4.78 is 5.61. The van der Waals surface area contributed by atoms with Gasteiger partial charge in [-0.3, -0.25) is 4.79 Å². The average molecular weight is 237 g/mol. The highest BCUT2D eigenvalue weighted by Crippen LogP contribution is 2.27. The lowest BCUT2D eigenvalue weighted by Gasteiger charge is -2.19. The average Bonchev–Trinajstić information content (AvgIpc) is 2.29. The van der Waals surface area contributed by atoms with Crippen LogP contribution < -0.4 is 10.1 Å². The number of carbonyl (C=O) groups excluding carboxylic acids is 1. The predicted octanol–water partition coefficient (Wildman–Crippen LogP) is 2.62. The molecule has 86 valence electrons. The molecule has 2 rings (SSSR count). The van der Waals surface area contributed by atoms with Gasteiger partial charge in [-0.05, 0) is 36.6 Å². The Morgan fingerprint density at radius 1 is 1.50 bits per heavy atom. The maximum atomic E-state index is 11.2. The predicted molar refractivity (Wildman–Crippen MR) is 67.1 cm³/mol. The second kappa shape index (κ2) is 4.78. The van der Waals surface area contributed by atoms with E-state index >= 15 is 0 Å². The molecular weight excluding hydrogens is 222 g/mol. The third-order valence-corrected chi connectivity index (χ3v) is 3.06. The van der Waals surface area contributed by atoms with Gasteiger partial charge in [0, 0.05) is 12.1 Å². The van der Waals surface area contributed by atoms with E-state index in [1.165, 1.54) is 0 Å². The third-order valence-electron chi connectivity index (χ3n) is 2.59. The van der Waals surface area contributed by atoms with Gasteiger partial charge in [0.1, 0.15) is 11.2 Å². The van der Waals surface area contributed by atoms with Crippen LogP contribution in [-0.4, -0.2) is 11.3 Å². The molecule has 4 heteroatoms. The number of hydrogen-bond donors (Lipinski definition) is 2. The van der Waals surface area contributed by atoms with Crippen LogP contribution in [0, 0.1) is 0 Å². The Hall–Kier alpha value is -1.16. The van der Waals surface area contributed by atoms with E-state index in [9.17, 15) is 4.79 Å². The van der Waals surface area contributed by atoms with E-state index in [0.29, 0.717) is 6.42 Å². The molecule has 3 nitrogen and oxygen atoms in total. The minimum atomic E-state index is -0.0729. The lowest BCUT2D eigenvalue weighted by Crippen LogP contribution is -2.19. The first-order valence-corrected chi connectivity index (χ1v) is 5.98. The second-order valence-corrected chi connectivity index (χ2v) is 4.42. The van der Waals surface area contributed by atoms with Crippen molar-refractivity contribution in [3.05, 3.63) is 23.8 Å². The van der Waals surface area contributed by atoms with Crippen LogP contribution in [0.1, 0.15) is 25.3 Å². The first kappa shape index (κ1) is 11.3. The number of nitrogens with one attached hydrogen (secondary N) is 1. The summed E-state index contributed by atoms with van der Waals surface area (Å²) in [5.41, 5.74) is 1.96. The van der Waals surface area contributed by atoms with Crippen molar-refractivity contribution in [3.63, 3.8) is 0 Å². The molecule has 0 fully saturated rings. The highest BCUT2D eigenvalue weighted by molar-refractivity contribution is 7.80. The van der Waals surface area contributed by atoms with E-state index in [0.717, 1.165) is 29.8 Å². The Morgan fingerprint density at radius 3 is 3.06 bits per heavy atom. The van der Waals surface area contributed by atoms with Crippen LogP contribution in [0.2, 0.25) is 0 Å². The summed E-state index contributed by atoms with van der Waals surface area (Å²) in [5.74, 6) is 0.901. The number of thiol groups is 1. The van der Waals surface area contributed by atoms with Crippen molar-refractivity contribution in [1.29, 1.82) is 0 Å². The summed E-state index contributed by atoms with van der Waals surface area (Å²) in [5, 5.41) is 2.84. The Morgan fingerprint density at radius 2 is 2.31 bits per heavy atom. The van der Waals surface area contributed by atoms with Crippen molar-refractivity contribution >= 4 is 24.2 Å². The van der Waals surface area contributed by atoms with Gasteiger partial charge in [0.05, 0.1) is 0 Å². The molecule has 1 aliphatic heterocycles. The molecule has 0 saturated heterocycles. The van der Waals surface area contributed by atoms with Gasteiger partial charge >= 0.3 is 0 Å². The zero-order valence-electron chi connectivity index (χ0n) is 9.19. The molecule has 0 saturated carbocycles. The molecule has 1 unspecified atom stereocenters. The van der Waals surface area contributed by atoms with Crippen molar-refractivity contribution in [2.24, 2.45) is 0 Å². The molecule has 1 atom stereocenters. The number of carbonyl (C=O) groups is 1. The molecule has 16 heavy (non-hydrogen) atoms. The fourth-order valence-corrected chi connectivity index (χ4v) is 1.80. The summed E-state index contributed by atoms with van der Waals surface area (Å²) in [6.45, 7) is 2.02. The zero-order valence-corrected chi connectivity index (χ0v) is 10.1. The van der Waals surface area contributed by atoms with Crippen molar-refractivity contribution in [1.82, 2.24) is 0 Å². The lowest BCUT2D eigenvalue weighted by atomic mass is 10.0. The molecule has 1 heterocycles. The summed E-state index contributed by atoms with van der Waals surface area (Å²) in [6, 6.07) is 5.73. The normalized spacial score (nSPS) is 16.2. The highest BCUT2D eigenvalue weighted by atomic mass is 32.1. The van der Waals surface area contributed by atoms with Crippen LogP contribution in [0.3, 0.4) is 0 Å². The first-order valence-electron chi connectivity index (χ1n) is 5.46. The zero-order chi connectivity index (χ0) is 11.5. The van der Waals surface area contributed by atoms with Crippen molar-refractivity contribution in [3.8, 4) is 5.75 Å². The molecular formula is C12H15NO2S. The number of amides is 1. The van der Waals surface area contributed by atoms with E-state index in [2.05, 4.69) is 17.9 Å². The van der Waals surface area contributed by atoms with Gasteiger partial charge in [0.25, 0.3) is 0 Å². The number of anilines is 1. The lowest BCUT2D eigenvalue weighted by molar-refractivity contribution is -0.116. The highest BCUT2D eigenvalue weighted by Gasteiger charge is 2.15. The Kier molecular flexibility index (Phi) is 3.39. The molecule has 1 N–H and O–H groups in total. The van der Waals surface area contributed by atoms with Crippen molar-refractivity contribution < 1.29 is 9.53 Å². The van der Waals surface area contributed by atoms with Crippen molar-refractivity contribution in [2.75, 3.05) is 5.32 Å². The SMILES string of the molecule is CCC(S)Oc1ccc2c(c1)CCC(=O)N2. The van der Waals surface area contributed by atoms with Crippen LogP contribution in [0.4, 0.5) is 5.69 Å². The minimum Gasteiger partial charge on any atom is -0.480 e. The van der Waals surface area contributed by atoms with E-state index < -0.39 is 0 Å². The molecule has 1 aromatic rings. The van der Waals surface area contributed by atoms with Gasteiger partial charge in [-0.15, -0.1) is 12.6 Å². The molecule has 0 aromatic heterocycles. The number of benzene rings is 1. The maximum absolute atomic E-state index is 11.2. The molecule has 1 aliphatic rings. The first-order chi connectivity index (χ1) is 7.69. The van der Waals surface area contributed by atoms with Gasteiger partial charge < -0.3 is 10.1 Å². The fourth-order valence-electron chi connectivity index (χ4n) is 1.67. The molecule has 0 aliphatic carbocycles. The molecule has 1 aromatic carbocycles. The molecule has 0 spiro atoms. The van der Waals surface area contributed by atoms with Gasteiger partial charge in [-0.2, -0.15) is 0 Å². The van der Waals surface area contributed by atoms with Crippen LogP contribution >= 0.6 is 12.6 Å². The third kappa shape index (κ3) is 2.50. The quantitative estimate of drug-likeness (QED) is 0.626. The van der Waals surface area contributed by atoms with Crippen LogP contribution in [-0.2, 0) is 11.2 Å². The van der Waals surface area contributed by atoms with Crippen molar-refractivity contribution in [2.45, 2.75) is 31.6 Å². The molecule has 1 amide bonds. The number of aryl methyl sites for hydroxylation is 1. The number of hydrogen-bond acceptors (Lipinski definition) is 3. The van der Waals surface area contributed by atoms with E-state index in [1.54, 1.807) is 0 Å². The molecule has 0 bridgehead atoms. The largest absolute Gasteiger partial charge is 0.480 e. The number of ether oxygens (including phenoxy) is 1. The Bertz CT molecular complexity index is 406. The van der Waals surface area contributed by atoms with E-state index in [1.807, 2.05) is 25.1 Å². The fraction of sp³-hybridized carbons (Fsp3) is 0.417. The van der Waals surface area contributed by atoms with Gasteiger partial charge in [-0.25, -0.2) is 0 Å². The topological polar surface area (TPSA) is 38.3 Å². The van der Waals surface area contributed by atoms with Gasteiger partial charge in [-0.1, -0.05) is 6.92 Å². The summed E-state index contributed by atoms with van der Waals surface area (Å²) >= 11 is 4.29. The van der Waals surface area contributed by atoms with Gasteiger partial charge in [0.2, 0.25) is 5.91 Å². The Balaban J connectivity index is 2.16. The maximum Gasteiger partial charge on any atom is 0.224 e. The number of rotatable bonds is 3. The van der Waals surface area contributed by atoms with Crippen LogP contribution in [0.15, 0.2) is 18.2 Å². The summed E-state index contributed by atoms with van der Waals surface area (Å²) in [4.78, 5) is 11.2. The van der Waals surface area contributed by atoms with Crippen LogP contribution in [0.25, 0.3) is 0 Å². The minimum absolute atomic E-state index is 0.0729. The second-order valence-electron chi connectivity index (χ2n) is 3.85. The standard InChI is InChI=1S/C12H15NO2S/c1-2-12(16)15-9-4-5-10-8(7-9)3-6-11(14)13-10/h4-5,7,12,16H,2-3,6H2,1H3,(H,13,14). The van der Waals surface area contributed by atoms with E-state index in [-0.39, 0.29) is 11.3 Å². The van der Waals surface area contributed by atoms with Crippen LogP contribution in [0.5, 0.6) is 5.75 Å². The smallest absolute Gasteiger partial charge is 0.224 e. The monoisotopic (exact) mass is 237 g/mol. The summed E-state index contributed by atoms with van der Waals surface area (Å²) in [7, 11) is 0. The summed E-state index contributed by atoms with van der Waals surface area (Å²) in [6.07, 6.45) is 2.19. The Labute approximate surface area is 101 Å². The number of fused-ring (bicyclic) bond motifs is 1. The van der Waals surface area contributed by atoms with E-state index in [4.69, 9.17) is 4.74 Å². The van der Waals surface area contributed by atoms with Gasteiger partial charge in [0.15, 0.2) is 0 Å². The molecule has 0 radical (unpaired) electrons.